The van der Waals surface area contributed by atoms with E-state index in [9.17, 15) is 18.3 Å². The van der Waals surface area contributed by atoms with Crippen LogP contribution in [-0.4, -0.2) is 42.3 Å². The predicted octanol–water partition coefficient (Wildman–Crippen LogP) is 5.22. The minimum atomic E-state index is -3.40. The normalized spacial score (nSPS) is 13.0. The Labute approximate surface area is 232 Å². The van der Waals surface area contributed by atoms with Gasteiger partial charge in [0.25, 0.3) is 0 Å². The van der Waals surface area contributed by atoms with E-state index in [0.29, 0.717) is 39.3 Å². The molecule has 0 bridgehead atoms. The number of carboxylic acid groups (broad SMARTS) is 1. The summed E-state index contributed by atoms with van der Waals surface area (Å²) in [6, 6.07) is 18.8. The highest BCUT2D eigenvalue weighted by molar-refractivity contribution is 7.90. The van der Waals surface area contributed by atoms with E-state index < -0.39 is 21.9 Å². The lowest BCUT2D eigenvalue weighted by atomic mass is 10.1. The van der Waals surface area contributed by atoms with E-state index in [0.717, 1.165) is 30.7 Å². The number of unbranched alkanes of at least 4 members (excludes halogenated alkanes) is 1. The first-order valence-electron chi connectivity index (χ1n) is 12.5. The van der Waals surface area contributed by atoms with Gasteiger partial charge in [0.1, 0.15) is 17.1 Å². The molecule has 1 aromatic heterocycles. The van der Waals surface area contributed by atoms with Crippen molar-refractivity contribution in [3.63, 3.8) is 0 Å². The van der Waals surface area contributed by atoms with E-state index in [4.69, 9.17) is 21.3 Å². The molecule has 4 aromatic rings. The second-order valence-corrected chi connectivity index (χ2v) is 11.6. The zero-order chi connectivity index (χ0) is 28.2. The largest absolute Gasteiger partial charge is 0.478 e. The fraction of sp³-hybridized carbons (Fsp3) is 0.276. The molecule has 1 unspecified atom stereocenters. The van der Waals surface area contributed by atoms with Crippen LogP contribution >= 0.6 is 11.6 Å². The van der Waals surface area contributed by atoms with Crippen molar-refractivity contribution in [2.75, 3.05) is 13.3 Å². The molecule has 0 saturated carbocycles. The molecule has 1 atom stereocenters. The van der Waals surface area contributed by atoms with E-state index in [1.165, 1.54) is 6.26 Å². The molecule has 0 radical (unpaired) electrons. The molecule has 0 aliphatic heterocycles. The molecule has 204 valence electrons. The highest BCUT2D eigenvalue weighted by Crippen LogP contribution is 2.28. The van der Waals surface area contributed by atoms with Crippen LogP contribution < -0.4 is 10.2 Å². The van der Waals surface area contributed by atoms with Crippen LogP contribution in [0, 0.1) is 0 Å². The summed E-state index contributed by atoms with van der Waals surface area (Å²) in [6.45, 7) is 2.55. The van der Waals surface area contributed by atoms with Crippen LogP contribution in [0.5, 0.6) is 5.75 Å². The number of ether oxygens (including phenoxy) is 1. The third-order valence-electron chi connectivity index (χ3n) is 6.35. The van der Waals surface area contributed by atoms with Gasteiger partial charge in [0.05, 0.1) is 17.0 Å². The minimum Gasteiger partial charge on any atom is -0.478 e. The van der Waals surface area contributed by atoms with E-state index >= 15 is 0 Å². The molecular formula is C29H30ClN3O5S. The quantitative estimate of drug-likeness (QED) is 0.281. The molecule has 0 amide bonds. The standard InChI is InChI=1S/C29H30ClN3O5S/c1-4-5-10-26-32-25-16-15-21(39(3,36)37)17-23(25)28(31-2)33(26)18-19-11-13-20(14-12-19)38-27(29(34)35)22-8-6-7-9-24(22)30/h6-9,11-17,27H,4-5,10,18H2,1-3H3,(H,34,35). The molecule has 1 heterocycles. The van der Waals surface area contributed by atoms with Gasteiger partial charge in [-0.2, -0.15) is 0 Å². The Hall–Kier alpha value is -3.69. The summed E-state index contributed by atoms with van der Waals surface area (Å²) in [4.78, 5) is 21.5. The maximum Gasteiger partial charge on any atom is 0.349 e. The number of fused-ring (bicyclic) bond motifs is 1. The van der Waals surface area contributed by atoms with Crippen molar-refractivity contribution in [2.45, 2.75) is 43.7 Å². The summed E-state index contributed by atoms with van der Waals surface area (Å²) < 4.78 is 32.2. The molecular weight excluding hydrogens is 538 g/mol. The molecule has 0 saturated heterocycles. The maximum atomic E-state index is 12.2. The molecule has 0 aliphatic rings. The molecule has 0 aliphatic carbocycles. The van der Waals surface area contributed by atoms with Crippen LogP contribution in [0.4, 0.5) is 0 Å². The zero-order valence-corrected chi connectivity index (χ0v) is 23.5. The van der Waals surface area contributed by atoms with Gasteiger partial charge >= 0.3 is 5.97 Å². The van der Waals surface area contributed by atoms with Gasteiger partial charge in [-0.05, 0) is 48.4 Å². The topological polar surface area (TPSA) is 111 Å². The smallest absolute Gasteiger partial charge is 0.349 e. The van der Waals surface area contributed by atoms with E-state index in [2.05, 4.69) is 11.9 Å². The number of carbonyl (C=O) groups is 1. The van der Waals surface area contributed by atoms with E-state index in [1.54, 1.807) is 61.6 Å². The average Bonchev–Trinajstić information content (AvgIpc) is 2.91. The SMILES string of the molecule is CCCCc1nc2ccc(S(C)(=O)=O)cc2c(=NC)n1Cc1ccc(OC(C(=O)O)c2ccccc2Cl)cc1. The summed E-state index contributed by atoms with van der Waals surface area (Å²) in [7, 11) is -1.72. The highest BCUT2D eigenvalue weighted by atomic mass is 35.5. The lowest BCUT2D eigenvalue weighted by Crippen LogP contribution is -2.27. The van der Waals surface area contributed by atoms with Gasteiger partial charge in [-0.1, -0.05) is 55.3 Å². The van der Waals surface area contributed by atoms with Gasteiger partial charge < -0.3 is 14.4 Å². The van der Waals surface area contributed by atoms with Gasteiger partial charge in [0.2, 0.25) is 6.10 Å². The Morgan fingerprint density at radius 3 is 2.46 bits per heavy atom. The van der Waals surface area contributed by atoms with Crippen LogP contribution in [0.25, 0.3) is 10.9 Å². The molecule has 39 heavy (non-hydrogen) atoms. The van der Waals surface area contributed by atoms with Crippen molar-refractivity contribution in [3.05, 3.63) is 94.2 Å². The van der Waals surface area contributed by atoms with E-state index in [1.807, 2.05) is 16.7 Å². The zero-order valence-electron chi connectivity index (χ0n) is 22.0. The van der Waals surface area contributed by atoms with Crippen LogP contribution in [0.3, 0.4) is 0 Å². The first-order valence-corrected chi connectivity index (χ1v) is 14.8. The van der Waals surface area contributed by atoms with Gasteiger partial charge in [-0.25, -0.2) is 18.2 Å². The number of hydrogen-bond donors (Lipinski definition) is 1. The van der Waals surface area contributed by atoms with Crippen molar-refractivity contribution in [3.8, 4) is 5.75 Å². The number of rotatable bonds is 10. The number of aryl methyl sites for hydroxylation is 1. The lowest BCUT2D eigenvalue weighted by molar-refractivity contribution is -0.145. The monoisotopic (exact) mass is 567 g/mol. The molecule has 0 fully saturated rings. The van der Waals surface area contributed by atoms with Crippen LogP contribution in [0.1, 0.15) is 42.8 Å². The number of sulfone groups is 1. The van der Waals surface area contributed by atoms with Crippen molar-refractivity contribution in [2.24, 2.45) is 4.99 Å². The van der Waals surface area contributed by atoms with Crippen molar-refractivity contribution in [1.29, 1.82) is 0 Å². The summed E-state index contributed by atoms with van der Waals surface area (Å²) in [6.07, 6.45) is 2.60. The lowest BCUT2D eigenvalue weighted by Gasteiger charge is -2.18. The fourth-order valence-electron chi connectivity index (χ4n) is 4.35. The highest BCUT2D eigenvalue weighted by Gasteiger charge is 2.24. The number of aromatic nitrogens is 2. The Bertz CT molecular complexity index is 1680. The fourth-order valence-corrected chi connectivity index (χ4v) is 5.23. The number of halogens is 1. The second kappa shape index (κ2) is 12.0. The number of nitrogens with zero attached hydrogens (tertiary/aromatic N) is 3. The minimum absolute atomic E-state index is 0.211. The molecule has 0 spiro atoms. The molecule has 3 aromatic carbocycles. The average molecular weight is 568 g/mol. The van der Waals surface area contributed by atoms with Gasteiger partial charge in [-0.15, -0.1) is 0 Å². The molecule has 4 rings (SSSR count). The number of carboxylic acids is 1. The molecule has 1 N–H and O–H groups in total. The van der Waals surface area contributed by atoms with Gasteiger partial charge in [-0.3, -0.25) is 4.99 Å². The summed E-state index contributed by atoms with van der Waals surface area (Å²) >= 11 is 6.21. The number of benzene rings is 3. The number of hydrogen-bond acceptors (Lipinski definition) is 6. The predicted molar refractivity (Wildman–Crippen MR) is 151 cm³/mol. The van der Waals surface area contributed by atoms with E-state index in [-0.39, 0.29) is 4.90 Å². The number of aliphatic carboxylic acids is 1. The Kier molecular flexibility index (Phi) is 8.72. The third kappa shape index (κ3) is 6.49. The Morgan fingerprint density at radius 1 is 1.13 bits per heavy atom. The van der Waals surface area contributed by atoms with Gasteiger partial charge in [0, 0.05) is 35.7 Å². The summed E-state index contributed by atoms with van der Waals surface area (Å²) in [5.74, 6) is 0.0901. The Balaban J connectivity index is 1.71. The van der Waals surface area contributed by atoms with Crippen LogP contribution in [0.15, 0.2) is 76.6 Å². The maximum absolute atomic E-state index is 12.2. The van der Waals surface area contributed by atoms with Crippen LogP contribution in [0.2, 0.25) is 5.02 Å². The Morgan fingerprint density at radius 2 is 1.85 bits per heavy atom. The summed E-state index contributed by atoms with van der Waals surface area (Å²) in [5.41, 5.74) is 2.62. The van der Waals surface area contributed by atoms with Gasteiger partial charge in [0.15, 0.2) is 9.84 Å². The van der Waals surface area contributed by atoms with Crippen molar-refractivity contribution < 1.29 is 23.1 Å². The molecule has 10 heteroatoms. The molecule has 8 nitrogen and oxygen atoms in total. The van der Waals surface area contributed by atoms with Crippen molar-refractivity contribution >= 4 is 38.3 Å². The van der Waals surface area contributed by atoms with Crippen molar-refractivity contribution in [1.82, 2.24) is 9.55 Å². The third-order valence-corrected chi connectivity index (χ3v) is 7.80. The first kappa shape index (κ1) is 28.3. The second-order valence-electron chi connectivity index (χ2n) is 9.22. The van der Waals surface area contributed by atoms with Crippen LogP contribution in [-0.2, 0) is 27.6 Å². The summed E-state index contributed by atoms with van der Waals surface area (Å²) in [5, 5.41) is 10.7. The first-order chi connectivity index (χ1) is 18.6.